The van der Waals surface area contributed by atoms with Crippen LogP contribution in [0.5, 0.6) is 0 Å². The Morgan fingerprint density at radius 3 is 2.41 bits per heavy atom. The SMILES string of the molecule is O=C(NC1CCCCC1)c1ccc(S(=O)(=O)N2CCc3ccccc32)cc1. The van der Waals surface area contributed by atoms with E-state index in [0.717, 1.165) is 43.4 Å². The number of nitrogens with zero attached hydrogens (tertiary/aromatic N) is 1. The minimum Gasteiger partial charge on any atom is -0.349 e. The second-order valence-electron chi connectivity index (χ2n) is 7.29. The lowest BCUT2D eigenvalue weighted by Crippen LogP contribution is -2.36. The lowest BCUT2D eigenvalue weighted by atomic mass is 9.95. The number of rotatable bonds is 4. The van der Waals surface area contributed by atoms with Gasteiger partial charge in [0.2, 0.25) is 0 Å². The molecule has 2 aromatic rings. The fraction of sp³-hybridized carbons (Fsp3) is 0.381. The van der Waals surface area contributed by atoms with Crippen LogP contribution in [-0.4, -0.2) is 26.9 Å². The Morgan fingerprint density at radius 1 is 0.963 bits per heavy atom. The van der Waals surface area contributed by atoms with E-state index in [4.69, 9.17) is 0 Å². The smallest absolute Gasteiger partial charge is 0.264 e. The molecule has 0 spiro atoms. The van der Waals surface area contributed by atoms with Crippen LogP contribution in [0.4, 0.5) is 5.69 Å². The van der Waals surface area contributed by atoms with Gasteiger partial charge in [-0.25, -0.2) is 8.42 Å². The van der Waals surface area contributed by atoms with Gasteiger partial charge in [-0.15, -0.1) is 0 Å². The molecule has 1 saturated carbocycles. The van der Waals surface area contributed by atoms with Crippen LogP contribution in [0, 0.1) is 0 Å². The summed E-state index contributed by atoms with van der Waals surface area (Å²) in [6.07, 6.45) is 6.30. The highest BCUT2D eigenvalue weighted by molar-refractivity contribution is 7.92. The number of anilines is 1. The predicted octanol–water partition coefficient (Wildman–Crippen LogP) is 3.50. The Morgan fingerprint density at radius 2 is 1.67 bits per heavy atom. The Hall–Kier alpha value is -2.34. The summed E-state index contributed by atoms with van der Waals surface area (Å²) in [6.45, 7) is 0.450. The second kappa shape index (κ2) is 7.35. The summed E-state index contributed by atoms with van der Waals surface area (Å²) in [5.41, 5.74) is 2.29. The van der Waals surface area contributed by atoms with Crippen LogP contribution in [0.2, 0.25) is 0 Å². The molecule has 0 aromatic heterocycles. The third-order valence-corrected chi connectivity index (χ3v) is 7.32. The van der Waals surface area contributed by atoms with E-state index in [2.05, 4.69) is 5.32 Å². The molecule has 1 amide bonds. The summed E-state index contributed by atoms with van der Waals surface area (Å²) in [5, 5.41) is 3.06. The number of hydrogen-bond donors (Lipinski definition) is 1. The Balaban J connectivity index is 1.51. The third kappa shape index (κ3) is 3.58. The summed E-state index contributed by atoms with van der Waals surface area (Å²) in [7, 11) is -3.62. The normalized spacial score (nSPS) is 17.6. The first-order valence-corrected chi connectivity index (χ1v) is 11.0. The van der Waals surface area contributed by atoms with E-state index < -0.39 is 10.0 Å². The first kappa shape index (κ1) is 18.0. The molecule has 142 valence electrons. The largest absolute Gasteiger partial charge is 0.349 e. The molecule has 5 nitrogen and oxygen atoms in total. The minimum atomic E-state index is -3.62. The summed E-state index contributed by atoms with van der Waals surface area (Å²) in [5.74, 6) is -0.127. The topological polar surface area (TPSA) is 66.5 Å². The van der Waals surface area contributed by atoms with E-state index in [1.807, 2.05) is 24.3 Å². The number of amides is 1. The first-order valence-electron chi connectivity index (χ1n) is 9.57. The molecule has 0 bridgehead atoms. The molecule has 1 heterocycles. The van der Waals surface area contributed by atoms with Crippen molar-refractivity contribution >= 4 is 21.6 Å². The number of para-hydroxylation sites is 1. The quantitative estimate of drug-likeness (QED) is 0.877. The number of nitrogens with one attached hydrogen (secondary N) is 1. The van der Waals surface area contributed by atoms with Crippen molar-refractivity contribution in [3.8, 4) is 0 Å². The van der Waals surface area contributed by atoms with Gasteiger partial charge < -0.3 is 5.32 Å². The zero-order valence-corrected chi connectivity index (χ0v) is 16.0. The fourth-order valence-corrected chi connectivity index (χ4v) is 5.48. The van der Waals surface area contributed by atoms with Gasteiger partial charge >= 0.3 is 0 Å². The van der Waals surface area contributed by atoms with Crippen molar-refractivity contribution < 1.29 is 13.2 Å². The van der Waals surface area contributed by atoms with Crippen LogP contribution in [0.3, 0.4) is 0 Å². The molecule has 4 rings (SSSR count). The molecule has 2 aliphatic rings. The number of fused-ring (bicyclic) bond motifs is 1. The van der Waals surface area contributed by atoms with E-state index in [9.17, 15) is 13.2 Å². The molecular weight excluding hydrogens is 360 g/mol. The van der Waals surface area contributed by atoms with Crippen molar-refractivity contribution in [2.75, 3.05) is 10.8 Å². The van der Waals surface area contributed by atoms with Crippen LogP contribution >= 0.6 is 0 Å². The predicted molar refractivity (Wildman–Crippen MR) is 105 cm³/mol. The number of sulfonamides is 1. The maximum atomic E-state index is 13.0. The molecule has 1 N–H and O–H groups in total. The minimum absolute atomic E-state index is 0.127. The van der Waals surface area contributed by atoms with Crippen molar-refractivity contribution in [2.24, 2.45) is 0 Å². The van der Waals surface area contributed by atoms with Gasteiger partial charge in [-0.2, -0.15) is 0 Å². The maximum Gasteiger partial charge on any atom is 0.264 e. The zero-order chi connectivity index (χ0) is 18.9. The molecule has 0 saturated heterocycles. The number of hydrogen-bond acceptors (Lipinski definition) is 3. The highest BCUT2D eigenvalue weighted by Crippen LogP contribution is 2.32. The van der Waals surface area contributed by atoms with E-state index >= 15 is 0 Å². The van der Waals surface area contributed by atoms with Crippen molar-refractivity contribution in [1.29, 1.82) is 0 Å². The molecule has 1 aliphatic heterocycles. The van der Waals surface area contributed by atoms with Gasteiger partial charge in [-0.1, -0.05) is 37.5 Å². The average molecular weight is 385 g/mol. The summed E-state index contributed by atoms with van der Waals surface area (Å²) >= 11 is 0. The Kier molecular flexibility index (Phi) is 4.91. The fourth-order valence-electron chi connectivity index (χ4n) is 3.98. The van der Waals surface area contributed by atoms with Gasteiger partial charge in [-0.3, -0.25) is 9.10 Å². The van der Waals surface area contributed by atoms with Crippen LogP contribution < -0.4 is 9.62 Å². The maximum absolute atomic E-state index is 13.0. The van der Waals surface area contributed by atoms with E-state index in [1.54, 1.807) is 12.1 Å². The molecule has 2 aromatic carbocycles. The molecule has 6 heteroatoms. The number of carbonyl (C=O) groups excluding carboxylic acids is 1. The lowest BCUT2D eigenvalue weighted by Gasteiger charge is -2.23. The molecule has 0 atom stereocenters. The molecule has 0 radical (unpaired) electrons. The molecule has 0 unspecified atom stereocenters. The van der Waals surface area contributed by atoms with E-state index in [0.29, 0.717) is 12.1 Å². The van der Waals surface area contributed by atoms with Gasteiger partial charge in [-0.05, 0) is 55.2 Å². The lowest BCUT2D eigenvalue weighted by molar-refractivity contribution is 0.0927. The van der Waals surface area contributed by atoms with Gasteiger partial charge in [0.1, 0.15) is 0 Å². The van der Waals surface area contributed by atoms with Gasteiger partial charge in [0, 0.05) is 18.2 Å². The van der Waals surface area contributed by atoms with Gasteiger partial charge in [0.15, 0.2) is 0 Å². The van der Waals surface area contributed by atoms with Crippen molar-refractivity contribution in [1.82, 2.24) is 5.32 Å². The Bertz CT molecular complexity index is 932. The van der Waals surface area contributed by atoms with E-state index in [1.165, 1.54) is 22.9 Å². The van der Waals surface area contributed by atoms with Gasteiger partial charge in [0.05, 0.1) is 10.6 Å². The van der Waals surface area contributed by atoms with Crippen LogP contribution in [0.1, 0.15) is 48.0 Å². The second-order valence-corrected chi connectivity index (χ2v) is 9.15. The molecule has 27 heavy (non-hydrogen) atoms. The summed E-state index contributed by atoms with van der Waals surface area (Å²) in [4.78, 5) is 12.6. The third-order valence-electron chi connectivity index (χ3n) is 5.49. The first-order chi connectivity index (χ1) is 13.1. The average Bonchev–Trinajstić information content (AvgIpc) is 3.14. The van der Waals surface area contributed by atoms with Crippen LogP contribution in [0.25, 0.3) is 0 Å². The highest BCUT2D eigenvalue weighted by atomic mass is 32.2. The zero-order valence-electron chi connectivity index (χ0n) is 15.2. The highest BCUT2D eigenvalue weighted by Gasteiger charge is 2.30. The molecule has 1 fully saturated rings. The summed E-state index contributed by atoms with van der Waals surface area (Å²) in [6, 6.07) is 14.1. The van der Waals surface area contributed by atoms with Crippen LogP contribution in [0.15, 0.2) is 53.4 Å². The molecule has 1 aliphatic carbocycles. The molecular formula is C21H24N2O3S. The van der Waals surface area contributed by atoms with Crippen molar-refractivity contribution in [2.45, 2.75) is 49.5 Å². The van der Waals surface area contributed by atoms with E-state index in [-0.39, 0.29) is 16.8 Å². The van der Waals surface area contributed by atoms with Crippen molar-refractivity contribution in [3.05, 3.63) is 59.7 Å². The standard InChI is InChI=1S/C21H24N2O3S/c24-21(22-18-7-2-1-3-8-18)17-10-12-19(13-11-17)27(25,26)23-15-14-16-6-4-5-9-20(16)23/h4-6,9-13,18H,1-3,7-8,14-15H2,(H,22,24). The van der Waals surface area contributed by atoms with Crippen molar-refractivity contribution in [3.63, 3.8) is 0 Å². The summed E-state index contributed by atoms with van der Waals surface area (Å²) < 4.78 is 27.5. The number of carbonyl (C=O) groups is 1. The monoisotopic (exact) mass is 384 g/mol. The Labute approximate surface area is 160 Å². The van der Waals surface area contributed by atoms with Gasteiger partial charge in [0.25, 0.3) is 15.9 Å². The number of benzene rings is 2. The van der Waals surface area contributed by atoms with Crippen LogP contribution in [-0.2, 0) is 16.4 Å².